The van der Waals surface area contributed by atoms with Gasteiger partial charge in [0, 0.05) is 0 Å². The van der Waals surface area contributed by atoms with Crippen molar-refractivity contribution in [2.45, 2.75) is 157 Å². The van der Waals surface area contributed by atoms with Crippen molar-refractivity contribution in [2.75, 3.05) is 0 Å². The minimum atomic E-state index is -0.286. The van der Waals surface area contributed by atoms with E-state index in [4.69, 9.17) is 0 Å². The molecule has 4 heterocycles. The highest BCUT2D eigenvalue weighted by molar-refractivity contribution is 7.03. The van der Waals surface area contributed by atoms with Crippen molar-refractivity contribution in [1.29, 1.82) is 21.0 Å². The minimum Gasteiger partial charge on any atom is -0.192 e. The average Bonchev–Trinajstić information content (AvgIpc) is 1.15. The Hall–Kier alpha value is -8.67. The maximum atomic E-state index is 11.1. The third kappa shape index (κ3) is 7.64. The quantitative estimate of drug-likeness (QED) is 0.127. The van der Waals surface area contributed by atoms with Gasteiger partial charge in [0.2, 0.25) is 13.4 Å². The van der Waals surface area contributed by atoms with Crippen LogP contribution in [-0.2, 0) is 32.5 Å². The van der Waals surface area contributed by atoms with Gasteiger partial charge in [0.15, 0.2) is 0 Å². The summed E-state index contributed by atoms with van der Waals surface area (Å²) >= 11 is 0. The number of nitrogens with zero attached hydrogens (tertiary/aromatic N) is 4. The van der Waals surface area contributed by atoms with E-state index in [-0.39, 0.29) is 45.9 Å². The second kappa shape index (κ2) is 17.5. The van der Waals surface area contributed by atoms with Crippen molar-refractivity contribution in [1.82, 2.24) is 0 Å². The van der Waals surface area contributed by atoms with Crippen LogP contribution in [0, 0.1) is 45.3 Å². The van der Waals surface area contributed by atoms with E-state index in [9.17, 15) is 21.0 Å². The zero-order chi connectivity index (χ0) is 61.3. The van der Waals surface area contributed by atoms with Gasteiger partial charge in [-0.3, -0.25) is 0 Å². The molecule has 0 saturated heterocycles. The van der Waals surface area contributed by atoms with Crippen molar-refractivity contribution in [2.24, 2.45) is 0 Å². The van der Waals surface area contributed by atoms with Crippen LogP contribution in [0.4, 0.5) is 0 Å². The van der Waals surface area contributed by atoms with Crippen molar-refractivity contribution in [3.63, 3.8) is 0 Å². The van der Waals surface area contributed by atoms with Crippen LogP contribution in [0.2, 0.25) is 0 Å². The molecule has 14 rings (SSSR count). The summed E-state index contributed by atoms with van der Waals surface area (Å²) in [6.07, 6.45) is 0. The van der Waals surface area contributed by atoms with Crippen LogP contribution < -0.4 is 32.8 Å². The predicted molar refractivity (Wildman–Crippen MR) is 363 cm³/mol. The van der Waals surface area contributed by atoms with Crippen LogP contribution in [-0.4, -0.2) is 13.4 Å². The van der Waals surface area contributed by atoms with Crippen molar-refractivity contribution < 1.29 is 0 Å². The maximum Gasteiger partial charge on any atom is 0.244 e. The molecule has 0 saturated carbocycles. The second-order valence-electron chi connectivity index (χ2n) is 31.8. The molecule has 4 nitrogen and oxygen atoms in total. The van der Waals surface area contributed by atoms with E-state index in [0.29, 0.717) is 22.3 Å². The van der Waals surface area contributed by atoms with E-state index in [1.165, 1.54) is 110 Å². The van der Waals surface area contributed by atoms with E-state index in [2.05, 4.69) is 234 Å². The molecule has 0 atom stereocenters. The molecule has 6 heteroatoms. The third-order valence-corrected chi connectivity index (χ3v) is 19.9. The highest BCUT2D eigenvalue weighted by Gasteiger charge is 2.47. The van der Waals surface area contributed by atoms with E-state index in [1.807, 2.05) is 24.3 Å². The maximum absolute atomic E-state index is 11.1. The molecule has 4 aliphatic rings. The number of fused-ring (bicyclic) bond motifs is 10. The van der Waals surface area contributed by atoms with Crippen LogP contribution in [0.5, 0.6) is 0 Å². The number of nitriles is 4. The first kappa shape index (κ1) is 55.2. The number of hydrogen-bond donors (Lipinski definition) is 0. The molecule has 86 heavy (non-hydrogen) atoms. The van der Waals surface area contributed by atoms with Gasteiger partial charge in [-0.15, -0.1) is 0 Å². The molecule has 0 N–H and O–H groups in total. The summed E-state index contributed by atoms with van der Waals surface area (Å²) in [6, 6.07) is 51.2. The zero-order valence-corrected chi connectivity index (χ0v) is 53.3. The standard InChI is InChI=1S/C80H72B2N4/c1-75(2,3)45-29-59(77(7,8)9)67(60(30-45)78(10,11)12)49-33-51-57-27-43(39-85)25-55-47-23-42(38-84)20-22-64(47)82(73(55)57)66-36-54-50(68-61(79(13,14)15)31-46(76(4,5)6)32-62(68)80(16,17)18)34-52-58-28-44(40-86)26-56-48-24-41(37-83)19-21-63(48)81(74(56)58)65-35-53(49)71(69(51)66)72(54)70(52)65/h19-36H,1-18H3. The molecule has 10 aromatic carbocycles. The van der Waals surface area contributed by atoms with Gasteiger partial charge in [0.1, 0.15) is 0 Å². The Labute approximate surface area is 509 Å². The molecule has 0 fully saturated rings. The Kier molecular flexibility index (Phi) is 11.2. The first-order valence-corrected chi connectivity index (χ1v) is 30.8. The largest absolute Gasteiger partial charge is 0.244 e. The van der Waals surface area contributed by atoms with E-state index >= 15 is 0 Å². The van der Waals surface area contributed by atoms with Crippen LogP contribution in [0.3, 0.4) is 0 Å². The Morgan fingerprint density at radius 1 is 0.267 bits per heavy atom. The lowest BCUT2D eigenvalue weighted by atomic mass is 9.34. The summed E-state index contributed by atoms with van der Waals surface area (Å²) in [5, 5.41) is 50.4. The Morgan fingerprint density at radius 2 is 0.558 bits per heavy atom. The van der Waals surface area contributed by atoms with Crippen LogP contribution >= 0.6 is 0 Å². The highest BCUT2D eigenvalue weighted by atomic mass is 14.4. The number of benzene rings is 10. The van der Waals surface area contributed by atoms with Crippen LogP contribution in [0.1, 0.15) is 180 Å². The molecule has 0 spiro atoms. The summed E-state index contributed by atoms with van der Waals surface area (Å²) in [6.45, 7) is 42.0. The van der Waals surface area contributed by atoms with E-state index in [1.54, 1.807) is 0 Å². The Morgan fingerprint density at radius 3 is 0.837 bits per heavy atom. The molecule has 0 bridgehead atoms. The number of hydrogen-bond acceptors (Lipinski definition) is 4. The van der Waals surface area contributed by atoms with Gasteiger partial charge >= 0.3 is 0 Å². The van der Waals surface area contributed by atoms with Gasteiger partial charge in [0.25, 0.3) is 0 Å². The zero-order valence-electron chi connectivity index (χ0n) is 53.3. The van der Waals surface area contributed by atoms with Gasteiger partial charge in [-0.25, -0.2) is 0 Å². The van der Waals surface area contributed by atoms with E-state index < -0.39 is 0 Å². The smallest absolute Gasteiger partial charge is 0.192 e. The van der Waals surface area contributed by atoms with Crippen LogP contribution in [0.25, 0.3) is 99.1 Å². The van der Waals surface area contributed by atoms with Gasteiger partial charge in [-0.2, -0.15) is 21.0 Å². The van der Waals surface area contributed by atoms with Gasteiger partial charge < -0.3 is 0 Å². The molecule has 10 aromatic rings. The molecule has 0 aromatic heterocycles. The van der Waals surface area contributed by atoms with Crippen molar-refractivity contribution in [3.05, 3.63) is 165 Å². The second-order valence-corrected chi connectivity index (χ2v) is 31.8. The lowest BCUT2D eigenvalue weighted by Gasteiger charge is -2.37. The Balaban J connectivity index is 1.31. The van der Waals surface area contributed by atoms with Crippen LogP contribution in [0.15, 0.2) is 109 Å². The average molecular weight is 1110 g/mol. The molecular formula is C80H72B2N4. The SMILES string of the molecule is CC(C)(C)c1cc(C(C)(C)C)c(-c2cc3c4c(cc5c(-c6c(C(C)(C)C)cc(C(C)(C)C)cc6C(C)(C)C)cc6c7c(cc2c4c57)B2c4ccc(C#N)cc4-c4cc(C#N)cc-6c42)B2c4ccc(C#N)cc4-c4cc(C#N)cc-3c42)c(C(C)(C)C)c1. The normalized spacial score (nSPS) is 13.8. The molecule has 0 radical (unpaired) electrons. The lowest BCUT2D eigenvalue weighted by molar-refractivity contribution is 0.550. The fourth-order valence-corrected chi connectivity index (χ4v) is 15.8. The fraction of sp³-hybridized carbons (Fsp3) is 0.300. The third-order valence-electron chi connectivity index (χ3n) is 19.9. The Bertz CT molecular complexity index is 4590. The van der Waals surface area contributed by atoms with Crippen molar-refractivity contribution in [3.8, 4) is 91.0 Å². The molecule has 0 aliphatic carbocycles. The molecule has 418 valence electrons. The summed E-state index contributed by atoms with van der Waals surface area (Å²) in [4.78, 5) is 0. The predicted octanol–water partition coefficient (Wildman–Crippen LogP) is 16.1. The molecular weight excluding hydrogens is 1040 g/mol. The molecule has 4 aliphatic heterocycles. The summed E-state index contributed by atoms with van der Waals surface area (Å²) in [5.41, 5.74) is 29.1. The van der Waals surface area contributed by atoms with E-state index in [0.717, 1.165) is 55.4 Å². The molecule has 0 amide bonds. The minimum absolute atomic E-state index is 0.131. The topological polar surface area (TPSA) is 95.2 Å². The molecule has 0 unspecified atom stereocenters. The number of rotatable bonds is 2. The fourth-order valence-electron chi connectivity index (χ4n) is 15.8. The summed E-state index contributed by atoms with van der Waals surface area (Å²) in [7, 11) is 0. The van der Waals surface area contributed by atoms with Gasteiger partial charge in [0.05, 0.1) is 46.5 Å². The first-order valence-electron chi connectivity index (χ1n) is 30.8. The van der Waals surface area contributed by atoms with Gasteiger partial charge in [-0.05, 0) is 226 Å². The summed E-state index contributed by atoms with van der Waals surface area (Å²) in [5.74, 6) is 0. The summed E-state index contributed by atoms with van der Waals surface area (Å²) < 4.78 is 0. The van der Waals surface area contributed by atoms with Gasteiger partial charge in [-0.1, -0.05) is 206 Å². The lowest BCUT2D eigenvalue weighted by Crippen LogP contribution is -2.53. The first-order chi connectivity index (χ1) is 40.3. The highest BCUT2D eigenvalue weighted by Crippen LogP contribution is 2.56. The monoisotopic (exact) mass is 1110 g/mol. The van der Waals surface area contributed by atoms with Crippen molar-refractivity contribution >= 4 is 78.5 Å².